The third kappa shape index (κ3) is 6.07. The first-order valence-corrected chi connectivity index (χ1v) is 10.7. The summed E-state index contributed by atoms with van der Waals surface area (Å²) >= 11 is 0. The van der Waals surface area contributed by atoms with Crippen molar-refractivity contribution in [2.75, 3.05) is 19.0 Å². The molecule has 1 aliphatic heterocycles. The van der Waals surface area contributed by atoms with Gasteiger partial charge in [-0.1, -0.05) is 25.5 Å². The van der Waals surface area contributed by atoms with Gasteiger partial charge < -0.3 is 20.7 Å². The number of carbonyl (C=O) groups excluding carboxylic acids is 3. The number of benzene rings is 1. The summed E-state index contributed by atoms with van der Waals surface area (Å²) in [5.74, 6) is -0.545. The van der Waals surface area contributed by atoms with Crippen LogP contribution in [0.15, 0.2) is 30.3 Å². The molecule has 2 atom stereocenters. The lowest BCUT2D eigenvalue weighted by molar-refractivity contribution is -0.136. The number of nitrogens with zero attached hydrogens (tertiary/aromatic N) is 2. The number of aromatic nitrogens is 2. The molecule has 1 aromatic carbocycles. The van der Waals surface area contributed by atoms with Gasteiger partial charge in [-0.2, -0.15) is 5.10 Å². The van der Waals surface area contributed by atoms with Gasteiger partial charge in [0.15, 0.2) is 6.29 Å². The Bertz CT molecular complexity index is 956. The summed E-state index contributed by atoms with van der Waals surface area (Å²) < 4.78 is 6.61. The van der Waals surface area contributed by atoms with Crippen LogP contribution >= 0.6 is 0 Å². The van der Waals surface area contributed by atoms with Crippen LogP contribution in [0.3, 0.4) is 0 Å². The summed E-state index contributed by atoms with van der Waals surface area (Å²) in [6, 6.07) is 9.17. The predicted octanol–water partition coefficient (Wildman–Crippen LogP) is 1.23. The maximum absolute atomic E-state index is 12.4. The van der Waals surface area contributed by atoms with Gasteiger partial charge in [0.25, 0.3) is 0 Å². The molecule has 32 heavy (non-hydrogen) atoms. The second-order valence-electron chi connectivity index (χ2n) is 7.75. The normalized spacial score (nSPS) is 18.0. The smallest absolute Gasteiger partial charge is 0.314 e. The van der Waals surface area contributed by atoms with E-state index < -0.39 is 18.1 Å². The average molecular weight is 443 g/mol. The standard InChI is InChI=1S/C22H30N6O4/c1-4-5-16-13-19(29)26-22(24-16)28-18(12-14(2)27-28)25-21(31)20(30)23-11-10-15-6-8-17(32-3)9-7-15/h6-9,12,16,22,24H,4-5,10-11,13H2,1-3H3,(H,23,30)(H,25,31)(H,26,29). The fourth-order valence-corrected chi connectivity index (χ4v) is 3.60. The molecule has 10 nitrogen and oxygen atoms in total. The Kier molecular flexibility index (Phi) is 7.82. The topological polar surface area (TPSA) is 126 Å². The maximum Gasteiger partial charge on any atom is 0.314 e. The molecule has 1 aromatic heterocycles. The lowest BCUT2D eigenvalue weighted by Gasteiger charge is -2.32. The lowest BCUT2D eigenvalue weighted by Crippen LogP contribution is -2.53. The van der Waals surface area contributed by atoms with E-state index >= 15 is 0 Å². The third-order valence-corrected chi connectivity index (χ3v) is 5.17. The molecule has 3 rings (SSSR count). The van der Waals surface area contributed by atoms with E-state index in [4.69, 9.17) is 4.74 Å². The molecule has 0 aliphatic carbocycles. The van der Waals surface area contributed by atoms with E-state index in [0.29, 0.717) is 30.9 Å². The van der Waals surface area contributed by atoms with E-state index in [-0.39, 0.29) is 11.9 Å². The Balaban J connectivity index is 1.57. The van der Waals surface area contributed by atoms with Crippen LogP contribution in [0.2, 0.25) is 0 Å². The number of hydrogen-bond acceptors (Lipinski definition) is 6. The number of carbonyl (C=O) groups is 3. The van der Waals surface area contributed by atoms with Crippen molar-refractivity contribution < 1.29 is 19.1 Å². The lowest BCUT2D eigenvalue weighted by atomic mass is 10.1. The number of amides is 3. The molecule has 0 radical (unpaired) electrons. The molecule has 1 saturated heterocycles. The first-order valence-electron chi connectivity index (χ1n) is 10.7. The van der Waals surface area contributed by atoms with Crippen LogP contribution in [0.25, 0.3) is 0 Å². The first kappa shape index (κ1) is 23.3. The van der Waals surface area contributed by atoms with Crippen molar-refractivity contribution in [2.24, 2.45) is 0 Å². The minimum atomic E-state index is -0.798. The monoisotopic (exact) mass is 442 g/mol. The number of methoxy groups -OCH3 is 1. The van der Waals surface area contributed by atoms with Gasteiger partial charge >= 0.3 is 11.8 Å². The zero-order chi connectivity index (χ0) is 23.1. The van der Waals surface area contributed by atoms with Crippen LogP contribution in [0.1, 0.15) is 43.7 Å². The van der Waals surface area contributed by atoms with Crippen molar-refractivity contribution in [1.29, 1.82) is 0 Å². The molecule has 172 valence electrons. The fourth-order valence-electron chi connectivity index (χ4n) is 3.60. The minimum absolute atomic E-state index is 0.0214. The van der Waals surface area contributed by atoms with E-state index in [1.807, 2.05) is 24.3 Å². The first-order chi connectivity index (χ1) is 15.4. The Labute approximate surface area is 187 Å². The van der Waals surface area contributed by atoms with Gasteiger partial charge in [0.2, 0.25) is 5.91 Å². The molecule has 1 fully saturated rings. The van der Waals surface area contributed by atoms with Crippen molar-refractivity contribution in [2.45, 2.75) is 51.9 Å². The zero-order valence-electron chi connectivity index (χ0n) is 18.6. The van der Waals surface area contributed by atoms with Crippen LogP contribution < -0.4 is 26.0 Å². The molecule has 2 unspecified atom stereocenters. The largest absolute Gasteiger partial charge is 0.497 e. The van der Waals surface area contributed by atoms with Crippen LogP contribution in [0, 0.1) is 6.92 Å². The molecule has 0 spiro atoms. The van der Waals surface area contributed by atoms with Gasteiger partial charge in [-0.05, 0) is 37.5 Å². The van der Waals surface area contributed by atoms with Crippen molar-refractivity contribution >= 4 is 23.5 Å². The van der Waals surface area contributed by atoms with E-state index in [1.165, 1.54) is 4.68 Å². The Morgan fingerprint density at radius 1 is 1.25 bits per heavy atom. The number of hydrogen-bond donors (Lipinski definition) is 4. The Morgan fingerprint density at radius 3 is 2.69 bits per heavy atom. The molecular formula is C22H30N6O4. The number of aryl methyl sites for hydroxylation is 1. The Hall–Kier alpha value is -3.40. The number of rotatable bonds is 8. The van der Waals surface area contributed by atoms with E-state index in [0.717, 1.165) is 24.2 Å². The number of anilines is 1. The summed E-state index contributed by atoms with van der Waals surface area (Å²) in [5, 5.41) is 15.7. The van der Waals surface area contributed by atoms with Gasteiger partial charge in [0.1, 0.15) is 11.6 Å². The Morgan fingerprint density at radius 2 is 2.00 bits per heavy atom. The fraction of sp³-hybridized carbons (Fsp3) is 0.455. The molecule has 1 aliphatic rings. The number of ether oxygens (including phenoxy) is 1. The highest BCUT2D eigenvalue weighted by Gasteiger charge is 2.29. The van der Waals surface area contributed by atoms with Crippen molar-refractivity contribution in [3.05, 3.63) is 41.6 Å². The van der Waals surface area contributed by atoms with E-state index in [9.17, 15) is 14.4 Å². The van der Waals surface area contributed by atoms with Gasteiger partial charge in [-0.25, -0.2) is 4.68 Å². The van der Waals surface area contributed by atoms with E-state index in [1.54, 1.807) is 20.1 Å². The highest BCUT2D eigenvalue weighted by molar-refractivity contribution is 6.39. The highest BCUT2D eigenvalue weighted by atomic mass is 16.5. The molecule has 10 heteroatoms. The van der Waals surface area contributed by atoms with Crippen LogP contribution in [-0.2, 0) is 20.8 Å². The van der Waals surface area contributed by atoms with Crippen molar-refractivity contribution in [1.82, 2.24) is 25.7 Å². The van der Waals surface area contributed by atoms with Gasteiger partial charge in [-0.3, -0.25) is 19.7 Å². The average Bonchev–Trinajstić information content (AvgIpc) is 3.14. The second-order valence-corrected chi connectivity index (χ2v) is 7.75. The minimum Gasteiger partial charge on any atom is -0.497 e. The SMILES string of the molecule is CCCC1CC(=O)NC(n2nc(C)cc2NC(=O)C(=O)NCCc2ccc(OC)cc2)N1. The van der Waals surface area contributed by atoms with Crippen LogP contribution in [0.5, 0.6) is 5.75 Å². The van der Waals surface area contributed by atoms with Crippen molar-refractivity contribution in [3.63, 3.8) is 0 Å². The van der Waals surface area contributed by atoms with E-state index in [2.05, 4.69) is 33.3 Å². The summed E-state index contributed by atoms with van der Waals surface area (Å²) in [4.78, 5) is 36.8. The summed E-state index contributed by atoms with van der Waals surface area (Å²) in [6.07, 6.45) is 2.16. The van der Waals surface area contributed by atoms with Crippen molar-refractivity contribution in [3.8, 4) is 5.75 Å². The van der Waals surface area contributed by atoms with Gasteiger partial charge in [0, 0.05) is 25.1 Å². The van der Waals surface area contributed by atoms with Gasteiger partial charge in [-0.15, -0.1) is 0 Å². The molecular weight excluding hydrogens is 412 g/mol. The zero-order valence-corrected chi connectivity index (χ0v) is 18.6. The quantitative estimate of drug-likeness (QED) is 0.456. The molecule has 4 N–H and O–H groups in total. The summed E-state index contributed by atoms with van der Waals surface area (Å²) in [5.41, 5.74) is 1.66. The number of nitrogens with one attached hydrogen (secondary N) is 4. The van der Waals surface area contributed by atoms with Crippen LogP contribution in [0.4, 0.5) is 5.82 Å². The molecule has 0 saturated carbocycles. The van der Waals surface area contributed by atoms with Crippen LogP contribution in [-0.4, -0.2) is 47.2 Å². The third-order valence-electron chi connectivity index (χ3n) is 5.17. The maximum atomic E-state index is 12.4. The second kappa shape index (κ2) is 10.8. The highest BCUT2D eigenvalue weighted by Crippen LogP contribution is 2.18. The molecule has 0 bridgehead atoms. The summed E-state index contributed by atoms with van der Waals surface area (Å²) in [7, 11) is 1.60. The molecule has 2 heterocycles. The molecule has 3 amide bonds. The summed E-state index contributed by atoms with van der Waals surface area (Å²) in [6.45, 7) is 4.14. The van der Waals surface area contributed by atoms with Gasteiger partial charge in [0.05, 0.1) is 12.8 Å². The predicted molar refractivity (Wildman–Crippen MR) is 119 cm³/mol. The molecule has 2 aromatic rings.